The molecule has 2 aromatic rings. The lowest BCUT2D eigenvalue weighted by molar-refractivity contribution is -0.114. The number of piperidine rings is 1. The van der Waals surface area contributed by atoms with Crippen molar-refractivity contribution in [1.82, 2.24) is 19.7 Å². The number of nitriles is 1. The van der Waals surface area contributed by atoms with Gasteiger partial charge in [-0.2, -0.15) is 5.26 Å². The van der Waals surface area contributed by atoms with Crippen molar-refractivity contribution in [3.05, 3.63) is 64.7 Å². The van der Waals surface area contributed by atoms with Crippen LogP contribution in [0.25, 0.3) is 11.3 Å². The Morgan fingerprint density at radius 1 is 1.21 bits per heavy atom. The number of nitrogens with zero attached hydrogens (tertiary/aromatic N) is 6. The van der Waals surface area contributed by atoms with Crippen molar-refractivity contribution in [2.75, 3.05) is 34.2 Å². The molecule has 1 saturated heterocycles. The Morgan fingerprint density at radius 2 is 1.88 bits per heavy atom. The molecule has 7 nitrogen and oxygen atoms in total. The molecule has 0 spiro atoms. The summed E-state index contributed by atoms with van der Waals surface area (Å²) in [6.45, 7) is 5.31. The average molecular weight is 463 g/mol. The van der Waals surface area contributed by atoms with Crippen molar-refractivity contribution in [3.8, 4) is 6.07 Å². The number of aromatic nitrogens is 1. The largest absolute Gasteiger partial charge is 0.342 e. The van der Waals surface area contributed by atoms with E-state index < -0.39 is 5.82 Å². The Labute approximate surface area is 200 Å². The first-order valence-electron chi connectivity index (χ1n) is 11.3. The maximum atomic E-state index is 14.6. The zero-order valence-electron chi connectivity index (χ0n) is 20.4. The lowest BCUT2D eigenvalue weighted by atomic mass is 10.0. The van der Waals surface area contributed by atoms with Crippen LogP contribution in [0.5, 0.6) is 0 Å². The number of hydrogen-bond acceptors (Lipinski definition) is 5. The molecule has 8 heteroatoms. The molecule has 3 rings (SSSR count). The summed E-state index contributed by atoms with van der Waals surface area (Å²) in [5.41, 5.74) is 3.53. The predicted octanol–water partition coefficient (Wildman–Crippen LogP) is 3.76. The minimum atomic E-state index is -0.611. The van der Waals surface area contributed by atoms with E-state index in [1.54, 1.807) is 19.3 Å². The van der Waals surface area contributed by atoms with Crippen LogP contribution >= 0.6 is 0 Å². The molecule has 0 saturated carbocycles. The maximum Gasteiger partial charge on any atom is 0.216 e. The number of carbonyl (C=O) groups is 1. The number of benzene rings is 1. The van der Waals surface area contributed by atoms with Gasteiger partial charge in [0.25, 0.3) is 0 Å². The number of rotatable bonds is 5. The molecule has 2 heterocycles. The van der Waals surface area contributed by atoms with Crippen LogP contribution in [0.15, 0.2) is 41.5 Å². The first kappa shape index (κ1) is 25.1. The molecule has 1 aliphatic rings. The number of halogens is 1. The molecule has 1 amide bonds. The molecule has 1 aliphatic heterocycles. The van der Waals surface area contributed by atoms with Crippen LogP contribution in [0.1, 0.15) is 42.1 Å². The fourth-order valence-electron chi connectivity index (χ4n) is 4.05. The van der Waals surface area contributed by atoms with Gasteiger partial charge in [0.2, 0.25) is 12.4 Å². The number of aryl methyl sites for hydroxylation is 1. The maximum absolute atomic E-state index is 14.6. The lowest BCUT2D eigenvalue weighted by Crippen LogP contribution is -2.49. The minimum Gasteiger partial charge on any atom is -0.342 e. The molecular formula is C26H31FN6O. The Morgan fingerprint density at radius 3 is 2.41 bits per heavy atom. The highest BCUT2D eigenvalue weighted by Gasteiger charge is 2.25. The number of carbonyl (C=O) groups excluding carboxylic acids is 1. The van der Waals surface area contributed by atoms with Gasteiger partial charge in [0.05, 0.1) is 11.3 Å². The Bertz CT molecular complexity index is 1120. The van der Waals surface area contributed by atoms with Crippen LogP contribution in [0.2, 0.25) is 0 Å². The van der Waals surface area contributed by atoms with Gasteiger partial charge in [-0.15, -0.1) is 0 Å². The molecule has 0 atom stereocenters. The first-order valence-corrected chi connectivity index (χ1v) is 11.3. The highest BCUT2D eigenvalue weighted by Crippen LogP contribution is 2.29. The zero-order chi connectivity index (χ0) is 24.8. The summed E-state index contributed by atoms with van der Waals surface area (Å²) in [4.78, 5) is 26.9. The topological polar surface area (TPSA) is 75.8 Å². The van der Waals surface area contributed by atoms with Crippen molar-refractivity contribution in [1.29, 1.82) is 5.26 Å². The zero-order valence-corrected chi connectivity index (χ0v) is 20.4. The van der Waals surface area contributed by atoms with Gasteiger partial charge in [0.15, 0.2) is 0 Å². The van der Waals surface area contributed by atoms with Crippen molar-refractivity contribution < 1.29 is 9.18 Å². The van der Waals surface area contributed by atoms with E-state index in [0.29, 0.717) is 23.3 Å². The Hall–Kier alpha value is -3.57. The molecule has 0 radical (unpaired) electrons. The van der Waals surface area contributed by atoms with Crippen molar-refractivity contribution in [3.63, 3.8) is 0 Å². The summed E-state index contributed by atoms with van der Waals surface area (Å²) < 4.78 is 14.6. The van der Waals surface area contributed by atoms with Gasteiger partial charge in [-0.3, -0.25) is 14.7 Å². The molecule has 0 unspecified atom stereocenters. The minimum absolute atomic E-state index is 0.0299. The molecular weight excluding hydrogens is 431 g/mol. The number of likely N-dealkylation sites (tertiary alicyclic amines) is 1. The molecule has 1 aromatic carbocycles. The summed E-state index contributed by atoms with van der Waals surface area (Å²) in [5, 5.41) is 9.15. The quantitative estimate of drug-likeness (QED) is 0.384. The Balaban J connectivity index is 2.14. The van der Waals surface area contributed by atoms with E-state index in [2.05, 4.69) is 28.9 Å². The summed E-state index contributed by atoms with van der Waals surface area (Å²) in [5.74, 6) is -0.106. The summed E-state index contributed by atoms with van der Waals surface area (Å²) >= 11 is 0. The normalized spacial score (nSPS) is 15.7. The van der Waals surface area contributed by atoms with Gasteiger partial charge in [0.1, 0.15) is 11.9 Å². The first-order chi connectivity index (χ1) is 16.2. The van der Waals surface area contributed by atoms with Gasteiger partial charge in [0, 0.05) is 43.6 Å². The number of guanidine groups is 1. The van der Waals surface area contributed by atoms with Crippen LogP contribution in [-0.4, -0.2) is 72.3 Å². The molecule has 1 aromatic heterocycles. The van der Waals surface area contributed by atoms with E-state index in [4.69, 9.17) is 10.3 Å². The SMILES string of the molecule is C/C(=C(\N=C(N(C)C=O)N1CCC(N(C)C)CC1)c1ccc(C#N)c(F)c1)c1ccc(C)nc1. The van der Waals surface area contributed by atoms with Crippen LogP contribution in [-0.2, 0) is 4.79 Å². The van der Waals surface area contributed by atoms with Crippen LogP contribution in [0, 0.1) is 24.1 Å². The van der Waals surface area contributed by atoms with Gasteiger partial charge in [-0.25, -0.2) is 9.38 Å². The smallest absolute Gasteiger partial charge is 0.216 e. The molecule has 1 fully saturated rings. The van der Waals surface area contributed by atoms with Gasteiger partial charge in [-0.05, 0) is 70.1 Å². The van der Waals surface area contributed by atoms with Crippen LogP contribution in [0.3, 0.4) is 0 Å². The van der Waals surface area contributed by atoms with Crippen LogP contribution in [0.4, 0.5) is 4.39 Å². The number of pyridine rings is 1. The van der Waals surface area contributed by atoms with E-state index >= 15 is 0 Å². The third-order valence-electron chi connectivity index (χ3n) is 6.23. The van der Waals surface area contributed by atoms with E-state index in [9.17, 15) is 9.18 Å². The number of amides is 1. The van der Waals surface area contributed by atoms with E-state index in [-0.39, 0.29) is 5.56 Å². The van der Waals surface area contributed by atoms with E-state index in [1.807, 2.05) is 32.0 Å². The highest BCUT2D eigenvalue weighted by molar-refractivity contribution is 5.98. The van der Waals surface area contributed by atoms with E-state index in [1.165, 1.54) is 17.0 Å². The molecule has 0 aliphatic carbocycles. The number of hydrogen-bond donors (Lipinski definition) is 0. The molecule has 0 N–H and O–H groups in total. The lowest BCUT2D eigenvalue weighted by Gasteiger charge is -2.38. The predicted molar refractivity (Wildman–Crippen MR) is 132 cm³/mol. The molecule has 34 heavy (non-hydrogen) atoms. The number of allylic oxidation sites excluding steroid dienone is 1. The fourth-order valence-corrected chi connectivity index (χ4v) is 4.05. The highest BCUT2D eigenvalue weighted by atomic mass is 19.1. The molecule has 0 bridgehead atoms. The summed E-state index contributed by atoms with van der Waals surface area (Å²) in [6.07, 6.45) is 4.39. The second-order valence-electron chi connectivity index (χ2n) is 8.78. The van der Waals surface area contributed by atoms with E-state index in [0.717, 1.165) is 49.2 Å². The second kappa shape index (κ2) is 11.0. The standard InChI is InChI=1S/C26H31FN6O/c1-18-6-7-22(16-29-18)19(2)25(20-8-9-21(15-28)24(27)14-20)30-26(32(5)17-34)33-12-10-23(11-13-33)31(3)4/h6-9,14,16-17,23H,10-13H2,1-5H3/b25-19+,30-26?. The van der Waals surface area contributed by atoms with Crippen molar-refractivity contribution >= 4 is 23.6 Å². The third-order valence-corrected chi connectivity index (χ3v) is 6.23. The summed E-state index contributed by atoms with van der Waals surface area (Å²) in [7, 11) is 5.82. The van der Waals surface area contributed by atoms with Gasteiger partial charge < -0.3 is 9.80 Å². The average Bonchev–Trinajstić information content (AvgIpc) is 2.84. The van der Waals surface area contributed by atoms with Crippen molar-refractivity contribution in [2.45, 2.75) is 32.7 Å². The third kappa shape index (κ3) is 5.67. The van der Waals surface area contributed by atoms with Crippen molar-refractivity contribution in [2.24, 2.45) is 4.99 Å². The Kier molecular flexibility index (Phi) is 8.13. The number of aliphatic imine (C=N–C) groups is 1. The van der Waals surface area contributed by atoms with Crippen LogP contribution < -0.4 is 0 Å². The fraction of sp³-hybridized carbons (Fsp3) is 0.385. The van der Waals surface area contributed by atoms with Gasteiger partial charge >= 0.3 is 0 Å². The second-order valence-corrected chi connectivity index (χ2v) is 8.78. The molecule has 178 valence electrons. The monoisotopic (exact) mass is 462 g/mol. The van der Waals surface area contributed by atoms with Gasteiger partial charge in [-0.1, -0.05) is 12.1 Å². The summed E-state index contributed by atoms with van der Waals surface area (Å²) in [6, 6.07) is 10.6.